The SMILES string of the molecule is CN(c1nc(N)nc2nc[nH]c12)C1CCC(C)(C)CC1. The van der Waals surface area contributed by atoms with Gasteiger partial charge in [0.1, 0.15) is 5.52 Å². The van der Waals surface area contributed by atoms with Crippen LogP contribution in [0.3, 0.4) is 0 Å². The molecule has 20 heavy (non-hydrogen) atoms. The van der Waals surface area contributed by atoms with Crippen LogP contribution in [0.1, 0.15) is 39.5 Å². The van der Waals surface area contributed by atoms with E-state index in [2.05, 4.69) is 45.7 Å². The molecule has 6 heteroatoms. The third-order valence-electron chi connectivity index (χ3n) is 4.47. The van der Waals surface area contributed by atoms with E-state index in [0.29, 0.717) is 17.1 Å². The molecule has 0 atom stereocenters. The van der Waals surface area contributed by atoms with Gasteiger partial charge >= 0.3 is 0 Å². The summed E-state index contributed by atoms with van der Waals surface area (Å²) in [4.78, 5) is 18.1. The lowest BCUT2D eigenvalue weighted by Gasteiger charge is -2.39. The Balaban J connectivity index is 1.89. The molecule has 1 saturated carbocycles. The summed E-state index contributed by atoms with van der Waals surface area (Å²) in [7, 11) is 2.09. The van der Waals surface area contributed by atoms with E-state index < -0.39 is 0 Å². The molecule has 0 saturated heterocycles. The second-order valence-electron chi connectivity index (χ2n) is 6.51. The second kappa shape index (κ2) is 4.61. The van der Waals surface area contributed by atoms with Gasteiger partial charge in [-0.25, -0.2) is 4.98 Å². The van der Waals surface area contributed by atoms with Crippen LogP contribution in [0.4, 0.5) is 11.8 Å². The highest BCUT2D eigenvalue weighted by Crippen LogP contribution is 2.38. The van der Waals surface area contributed by atoms with E-state index in [9.17, 15) is 0 Å². The summed E-state index contributed by atoms with van der Waals surface area (Å²) in [5, 5.41) is 0. The number of nitrogens with zero attached hydrogens (tertiary/aromatic N) is 4. The number of hydrogen-bond acceptors (Lipinski definition) is 5. The number of fused-ring (bicyclic) bond motifs is 1. The Bertz CT molecular complexity index is 607. The van der Waals surface area contributed by atoms with Gasteiger partial charge in [-0.2, -0.15) is 9.97 Å². The van der Waals surface area contributed by atoms with E-state index >= 15 is 0 Å². The van der Waals surface area contributed by atoms with Crippen LogP contribution in [0.25, 0.3) is 11.2 Å². The third kappa shape index (κ3) is 2.30. The van der Waals surface area contributed by atoms with Crippen molar-refractivity contribution >= 4 is 22.9 Å². The topological polar surface area (TPSA) is 83.7 Å². The number of H-pyrrole nitrogens is 1. The number of hydrogen-bond donors (Lipinski definition) is 2. The van der Waals surface area contributed by atoms with Gasteiger partial charge in [0.2, 0.25) is 5.95 Å². The van der Waals surface area contributed by atoms with Crippen molar-refractivity contribution in [3.63, 3.8) is 0 Å². The van der Waals surface area contributed by atoms with Gasteiger partial charge in [0.25, 0.3) is 0 Å². The molecule has 0 amide bonds. The van der Waals surface area contributed by atoms with Crippen molar-refractivity contribution < 1.29 is 0 Å². The van der Waals surface area contributed by atoms with E-state index in [1.807, 2.05) is 0 Å². The van der Waals surface area contributed by atoms with Gasteiger partial charge in [-0.3, -0.25) is 0 Å². The number of aromatic amines is 1. The Morgan fingerprint density at radius 2 is 2.00 bits per heavy atom. The fourth-order valence-electron chi connectivity index (χ4n) is 3.03. The van der Waals surface area contributed by atoms with Crippen LogP contribution in [0, 0.1) is 5.41 Å². The Labute approximate surface area is 118 Å². The molecule has 1 aliphatic rings. The lowest BCUT2D eigenvalue weighted by molar-refractivity contribution is 0.222. The van der Waals surface area contributed by atoms with E-state index in [0.717, 1.165) is 11.3 Å². The van der Waals surface area contributed by atoms with Gasteiger partial charge < -0.3 is 15.6 Å². The summed E-state index contributed by atoms with van der Waals surface area (Å²) >= 11 is 0. The van der Waals surface area contributed by atoms with Crippen molar-refractivity contribution in [2.75, 3.05) is 17.7 Å². The number of aromatic nitrogens is 4. The highest BCUT2D eigenvalue weighted by molar-refractivity contribution is 5.84. The fourth-order valence-corrected chi connectivity index (χ4v) is 3.03. The van der Waals surface area contributed by atoms with Gasteiger partial charge in [-0.15, -0.1) is 0 Å². The molecule has 2 heterocycles. The van der Waals surface area contributed by atoms with Crippen molar-refractivity contribution in [1.82, 2.24) is 19.9 Å². The molecule has 2 aromatic rings. The second-order valence-corrected chi connectivity index (χ2v) is 6.51. The number of anilines is 2. The monoisotopic (exact) mass is 274 g/mol. The van der Waals surface area contributed by atoms with Crippen molar-refractivity contribution in [3.05, 3.63) is 6.33 Å². The molecular formula is C14H22N6. The molecule has 0 radical (unpaired) electrons. The Hall–Kier alpha value is -1.85. The van der Waals surface area contributed by atoms with E-state index in [4.69, 9.17) is 5.73 Å². The zero-order chi connectivity index (χ0) is 14.3. The van der Waals surface area contributed by atoms with Crippen LogP contribution in [-0.2, 0) is 0 Å². The third-order valence-corrected chi connectivity index (χ3v) is 4.47. The van der Waals surface area contributed by atoms with Crippen molar-refractivity contribution in [1.29, 1.82) is 0 Å². The number of imidazole rings is 1. The lowest BCUT2D eigenvalue weighted by atomic mass is 9.75. The molecular weight excluding hydrogens is 252 g/mol. The highest BCUT2D eigenvalue weighted by atomic mass is 15.2. The van der Waals surface area contributed by atoms with Crippen molar-refractivity contribution in [2.24, 2.45) is 5.41 Å². The summed E-state index contributed by atoms with van der Waals surface area (Å²) in [6, 6.07) is 0.504. The number of nitrogen functional groups attached to an aromatic ring is 1. The molecule has 3 N–H and O–H groups in total. The van der Waals surface area contributed by atoms with Crippen LogP contribution in [0.5, 0.6) is 0 Å². The first kappa shape index (κ1) is 13.1. The van der Waals surface area contributed by atoms with Crippen molar-refractivity contribution in [3.8, 4) is 0 Å². The molecule has 0 bridgehead atoms. The van der Waals surface area contributed by atoms with Crippen LogP contribution < -0.4 is 10.6 Å². The maximum Gasteiger partial charge on any atom is 0.224 e. The molecule has 1 aliphatic carbocycles. The molecule has 0 spiro atoms. The number of nitrogens with two attached hydrogens (primary N) is 1. The average Bonchev–Trinajstić information content (AvgIpc) is 2.85. The molecule has 108 valence electrons. The van der Waals surface area contributed by atoms with Crippen LogP contribution >= 0.6 is 0 Å². The minimum Gasteiger partial charge on any atom is -0.368 e. The predicted octanol–water partition coefficient (Wildman–Crippen LogP) is 2.34. The summed E-state index contributed by atoms with van der Waals surface area (Å²) in [5.41, 5.74) is 7.76. The minimum atomic E-state index is 0.280. The molecule has 0 unspecified atom stereocenters. The van der Waals surface area contributed by atoms with E-state index in [1.165, 1.54) is 25.7 Å². The summed E-state index contributed by atoms with van der Waals surface area (Å²) in [6.07, 6.45) is 6.50. The first-order chi connectivity index (χ1) is 9.46. The average molecular weight is 274 g/mol. The molecule has 0 aromatic carbocycles. The largest absolute Gasteiger partial charge is 0.368 e. The Morgan fingerprint density at radius 3 is 2.70 bits per heavy atom. The highest BCUT2D eigenvalue weighted by Gasteiger charge is 2.30. The quantitative estimate of drug-likeness (QED) is 0.878. The fraction of sp³-hybridized carbons (Fsp3) is 0.643. The smallest absolute Gasteiger partial charge is 0.224 e. The zero-order valence-electron chi connectivity index (χ0n) is 12.3. The standard InChI is InChI=1S/C14H22N6/c1-14(2)6-4-9(5-7-14)20(3)12-10-11(17-8-16-10)18-13(15)19-12/h8-9H,4-7H2,1-3H3,(H3,15,16,17,18,19). The molecule has 1 fully saturated rings. The molecule has 0 aliphatic heterocycles. The van der Waals surface area contributed by atoms with Crippen LogP contribution in [0.2, 0.25) is 0 Å². The maximum absolute atomic E-state index is 5.79. The van der Waals surface area contributed by atoms with Crippen molar-refractivity contribution in [2.45, 2.75) is 45.6 Å². The van der Waals surface area contributed by atoms with Gasteiger partial charge in [0.15, 0.2) is 11.5 Å². The van der Waals surface area contributed by atoms with Gasteiger partial charge in [0, 0.05) is 13.1 Å². The number of nitrogens with one attached hydrogen (secondary N) is 1. The molecule has 6 nitrogen and oxygen atoms in total. The molecule has 3 rings (SSSR count). The summed E-state index contributed by atoms with van der Waals surface area (Å²) < 4.78 is 0. The Morgan fingerprint density at radius 1 is 1.30 bits per heavy atom. The normalized spacial score (nSPS) is 19.4. The Kier molecular flexibility index (Phi) is 3.03. The van der Waals surface area contributed by atoms with Gasteiger partial charge in [0.05, 0.1) is 6.33 Å². The summed E-state index contributed by atoms with van der Waals surface area (Å²) in [5.74, 6) is 1.14. The predicted molar refractivity (Wildman–Crippen MR) is 80.5 cm³/mol. The molecule has 2 aromatic heterocycles. The number of rotatable bonds is 2. The lowest BCUT2D eigenvalue weighted by Crippen LogP contribution is -2.37. The van der Waals surface area contributed by atoms with Gasteiger partial charge in [-0.05, 0) is 31.1 Å². The van der Waals surface area contributed by atoms with E-state index in [-0.39, 0.29) is 5.95 Å². The van der Waals surface area contributed by atoms with Crippen LogP contribution in [-0.4, -0.2) is 33.0 Å². The maximum atomic E-state index is 5.79. The first-order valence-corrected chi connectivity index (χ1v) is 7.16. The first-order valence-electron chi connectivity index (χ1n) is 7.16. The minimum absolute atomic E-state index is 0.280. The zero-order valence-corrected chi connectivity index (χ0v) is 12.3. The summed E-state index contributed by atoms with van der Waals surface area (Å²) in [6.45, 7) is 4.69. The van der Waals surface area contributed by atoms with Crippen LogP contribution in [0.15, 0.2) is 6.33 Å². The van der Waals surface area contributed by atoms with Gasteiger partial charge in [-0.1, -0.05) is 13.8 Å². The van der Waals surface area contributed by atoms with E-state index in [1.54, 1.807) is 6.33 Å².